The third kappa shape index (κ3) is 6.57. The maximum atomic E-state index is 14.8. The van der Waals surface area contributed by atoms with Crippen LogP contribution in [0.25, 0.3) is 11.0 Å². The first kappa shape index (κ1) is 34.3. The summed E-state index contributed by atoms with van der Waals surface area (Å²) in [6, 6.07) is 13.2. The van der Waals surface area contributed by atoms with Crippen molar-refractivity contribution in [3.8, 4) is 0 Å². The van der Waals surface area contributed by atoms with Gasteiger partial charge in [-0.05, 0) is 74.9 Å². The second-order valence-corrected chi connectivity index (χ2v) is 13.7. The molecule has 3 aliphatic rings. The monoisotopic (exact) mass is 707 g/mol. The van der Waals surface area contributed by atoms with E-state index in [0.717, 1.165) is 55.2 Å². The molecule has 2 amide bonds. The number of hydrogen-bond donors (Lipinski definition) is 1. The number of benzene rings is 2. The predicted octanol–water partition coefficient (Wildman–Crippen LogP) is 5.27. The van der Waals surface area contributed by atoms with Crippen LogP contribution in [0.2, 0.25) is 5.02 Å². The minimum absolute atomic E-state index is 0.174. The zero-order chi connectivity index (χ0) is 35.8. The summed E-state index contributed by atoms with van der Waals surface area (Å²) in [4.78, 5) is 60.0. The first-order valence-corrected chi connectivity index (χ1v) is 17.7. The standard InChI is InChI=1S/C38H42ClN9O3/c1-5-33(49)45-14-8-10-28(24-45)48-36-26(21-32(37(48)51)46-19-20-47(34(50)6-2)35-25(3)9-7-11-31(35)46)23-40-38(42-36)41-30-13-12-27(22-29(30)39)44-17-15-43(4)16-18-44/h5-7,9,11-13,21-23,28H,1-2,8,10,14-20,24H2,3-4H3,(H,40,41,42)/t28-/m1/s1. The average Bonchev–Trinajstić information content (AvgIpc) is 3.15. The summed E-state index contributed by atoms with van der Waals surface area (Å²) in [5, 5.41) is 4.48. The molecule has 0 aliphatic carbocycles. The molecule has 4 aromatic rings. The van der Waals surface area contributed by atoms with Crippen LogP contribution in [0.15, 0.2) is 78.8 Å². The number of aromatic nitrogens is 3. The van der Waals surface area contributed by atoms with Crippen molar-refractivity contribution >= 4 is 68.8 Å². The minimum atomic E-state index is -0.340. The molecule has 2 aromatic carbocycles. The van der Waals surface area contributed by atoms with Crippen LogP contribution in [0.4, 0.5) is 34.4 Å². The topological polar surface area (TPSA) is 110 Å². The van der Waals surface area contributed by atoms with Gasteiger partial charge in [0.05, 0.1) is 28.1 Å². The first-order chi connectivity index (χ1) is 24.7. The average molecular weight is 708 g/mol. The quantitative estimate of drug-likeness (QED) is 0.257. The first-order valence-electron chi connectivity index (χ1n) is 17.3. The van der Waals surface area contributed by atoms with Gasteiger partial charge in [0, 0.05) is 69.6 Å². The fraction of sp³-hybridized carbons (Fsp3) is 0.342. The summed E-state index contributed by atoms with van der Waals surface area (Å²) in [5.74, 6) is -0.0740. The number of para-hydroxylation sites is 1. The molecule has 2 aromatic heterocycles. The highest BCUT2D eigenvalue weighted by atomic mass is 35.5. The van der Waals surface area contributed by atoms with E-state index in [0.29, 0.717) is 66.0 Å². The lowest BCUT2D eigenvalue weighted by atomic mass is 10.0. The normalized spacial score (nSPS) is 18.1. The summed E-state index contributed by atoms with van der Waals surface area (Å²) in [6.07, 6.45) is 5.74. The van der Waals surface area contributed by atoms with Crippen LogP contribution in [0.3, 0.4) is 0 Å². The molecular weight excluding hydrogens is 666 g/mol. The van der Waals surface area contributed by atoms with Crippen molar-refractivity contribution in [2.45, 2.75) is 25.8 Å². The number of anilines is 6. The zero-order valence-electron chi connectivity index (χ0n) is 29.0. The summed E-state index contributed by atoms with van der Waals surface area (Å²) < 4.78 is 1.72. The molecule has 264 valence electrons. The number of carbonyl (C=O) groups is 2. The third-order valence-electron chi connectivity index (χ3n) is 10.1. The molecule has 3 aliphatic heterocycles. The van der Waals surface area contributed by atoms with E-state index in [4.69, 9.17) is 16.6 Å². The van der Waals surface area contributed by atoms with Crippen LogP contribution in [-0.4, -0.2) is 95.6 Å². The van der Waals surface area contributed by atoms with E-state index in [1.54, 1.807) is 20.6 Å². The van der Waals surface area contributed by atoms with E-state index >= 15 is 0 Å². The Kier molecular flexibility index (Phi) is 9.54. The second kappa shape index (κ2) is 14.2. The summed E-state index contributed by atoms with van der Waals surface area (Å²) >= 11 is 6.79. The molecule has 12 nitrogen and oxygen atoms in total. The Morgan fingerprint density at radius 3 is 2.49 bits per heavy atom. The van der Waals surface area contributed by atoms with Crippen LogP contribution in [0.1, 0.15) is 24.4 Å². The molecule has 2 saturated heterocycles. The Bertz CT molecular complexity index is 2090. The van der Waals surface area contributed by atoms with Gasteiger partial charge in [0.2, 0.25) is 11.9 Å². The highest BCUT2D eigenvalue weighted by Gasteiger charge is 2.32. The largest absolute Gasteiger partial charge is 0.369 e. The van der Waals surface area contributed by atoms with Crippen LogP contribution >= 0.6 is 11.6 Å². The fourth-order valence-corrected chi connectivity index (χ4v) is 7.63. The van der Waals surface area contributed by atoms with E-state index in [1.807, 2.05) is 54.3 Å². The SMILES string of the molecule is C=CC(=O)N1CCC[C@@H](n2c(=O)c(N3CCN(C(=O)C=C)c4c(C)cccc43)cc3cnc(Nc4ccc(N5CCN(C)CC5)cc4Cl)nc32)C1. The van der Waals surface area contributed by atoms with E-state index in [-0.39, 0.29) is 23.4 Å². The molecule has 51 heavy (non-hydrogen) atoms. The number of piperazine rings is 1. The van der Waals surface area contributed by atoms with Crippen LogP contribution in [-0.2, 0) is 9.59 Å². The van der Waals surface area contributed by atoms with Crippen molar-refractivity contribution in [2.75, 3.05) is 79.4 Å². The summed E-state index contributed by atoms with van der Waals surface area (Å²) in [5.41, 5.74) is 4.77. The van der Waals surface area contributed by atoms with Crippen molar-refractivity contribution in [2.24, 2.45) is 0 Å². The van der Waals surface area contributed by atoms with Crippen LogP contribution in [0.5, 0.6) is 0 Å². The van der Waals surface area contributed by atoms with Crippen molar-refractivity contribution < 1.29 is 9.59 Å². The van der Waals surface area contributed by atoms with E-state index in [1.165, 1.54) is 12.2 Å². The third-order valence-corrected chi connectivity index (χ3v) is 10.4. The van der Waals surface area contributed by atoms with Gasteiger partial charge >= 0.3 is 0 Å². The maximum absolute atomic E-state index is 14.8. The Balaban J connectivity index is 1.30. The molecule has 0 bridgehead atoms. The van der Waals surface area contributed by atoms with Crippen LogP contribution in [0, 0.1) is 6.92 Å². The highest BCUT2D eigenvalue weighted by Crippen LogP contribution is 2.40. The van der Waals surface area contributed by atoms with Gasteiger partial charge in [-0.25, -0.2) is 4.98 Å². The number of likely N-dealkylation sites (N-methyl/N-ethyl adjacent to an activating group) is 1. The number of nitrogens with one attached hydrogen (secondary N) is 1. The van der Waals surface area contributed by atoms with Crippen molar-refractivity contribution in [3.05, 3.63) is 94.9 Å². The molecule has 0 saturated carbocycles. The minimum Gasteiger partial charge on any atom is -0.369 e. The van der Waals surface area contributed by atoms with Crippen molar-refractivity contribution in [3.63, 3.8) is 0 Å². The fourth-order valence-electron chi connectivity index (χ4n) is 7.41. The summed E-state index contributed by atoms with van der Waals surface area (Å²) in [6.45, 7) is 14.9. The molecule has 1 atom stereocenters. The number of aryl methyl sites for hydroxylation is 1. The Labute approximate surface area is 302 Å². The van der Waals surface area contributed by atoms with Gasteiger partial charge in [0.25, 0.3) is 11.5 Å². The Hall–Kier alpha value is -5.20. The van der Waals surface area contributed by atoms with E-state index in [9.17, 15) is 14.4 Å². The number of hydrogen-bond acceptors (Lipinski definition) is 9. The van der Waals surface area contributed by atoms with Gasteiger partial charge in [-0.15, -0.1) is 0 Å². The second-order valence-electron chi connectivity index (χ2n) is 13.3. The van der Waals surface area contributed by atoms with Crippen molar-refractivity contribution in [1.29, 1.82) is 0 Å². The smallest absolute Gasteiger partial charge is 0.276 e. The number of piperidine rings is 1. The number of nitrogens with zero attached hydrogens (tertiary/aromatic N) is 8. The van der Waals surface area contributed by atoms with Crippen molar-refractivity contribution in [1.82, 2.24) is 24.3 Å². The lowest BCUT2D eigenvalue weighted by Crippen LogP contribution is -2.45. The molecule has 13 heteroatoms. The summed E-state index contributed by atoms with van der Waals surface area (Å²) in [7, 11) is 2.13. The number of likely N-dealkylation sites (tertiary alicyclic amines) is 1. The predicted molar refractivity (Wildman–Crippen MR) is 204 cm³/mol. The van der Waals surface area contributed by atoms with E-state index in [2.05, 4.69) is 40.3 Å². The molecule has 5 heterocycles. The number of carbonyl (C=O) groups excluding carboxylic acids is 2. The highest BCUT2D eigenvalue weighted by molar-refractivity contribution is 6.33. The molecule has 0 spiro atoms. The van der Waals surface area contributed by atoms with Gasteiger partial charge in [-0.2, -0.15) is 4.98 Å². The lowest BCUT2D eigenvalue weighted by molar-refractivity contribution is -0.127. The van der Waals surface area contributed by atoms with E-state index < -0.39 is 0 Å². The number of amides is 2. The van der Waals surface area contributed by atoms with Gasteiger partial charge in [0.15, 0.2) is 0 Å². The maximum Gasteiger partial charge on any atom is 0.276 e. The number of halogens is 1. The molecular formula is C38H42ClN9O3. The zero-order valence-corrected chi connectivity index (χ0v) is 29.8. The Morgan fingerprint density at radius 1 is 0.961 bits per heavy atom. The number of fused-ring (bicyclic) bond motifs is 2. The van der Waals surface area contributed by atoms with Crippen LogP contribution < -0.4 is 25.6 Å². The number of rotatable bonds is 7. The molecule has 7 rings (SSSR count). The Morgan fingerprint density at radius 2 is 1.75 bits per heavy atom. The molecule has 0 unspecified atom stereocenters. The molecule has 0 radical (unpaired) electrons. The molecule has 2 fully saturated rings. The van der Waals surface area contributed by atoms with Gasteiger partial charge < -0.3 is 29.8 Å². The molecule has 1 N–H and O–H groups in total. The lowest BCUT2D eigenvalue weighted by Gasteiger charge is -2.39. The van der Waals surface area contributed by atoms with Gasteiger partial charge in [-0.3, -0.25) is 19.0 Å². The van der Waals surface area contributed by atoms with Gasteiger partial charge in [0.1, 0.15) is 11.3 Å². The van der Waals surface area contributed by atoms with Gasteiger partial charge in [-0.1, -0.05) is 36.9 Å². The number of pyridine rings is 1.